The third kappa shape index (κ3) is 2.87. The van der Waals surface area contributed by atoms with Gasteiger partial charge in [0, 0.05) is 13.0 Å². The van der Waals surface area contributed by atoms with Gasteiger partial charge in [0.15, 0.2) is 5.78 Å². The van der Waals surface area contributed by atoms with Gasteiger partial charge in [0.05, 0.1) is 12.5 Å². The van der Waals surface area contributed by atoms with Gasteiger partial charge in [-0.1, -0.05) is 60.7 Å². The van der Waals surface area contributed by atoms with E-state index in [1.807, 2.05) is 60.7 Å². The smallest absolute Gasteiger partial charge is 0.234 e. The third-order valence-corrected chi connectivity index (χ3v) is 3.85. The van der Waals surface area contributed by atoms with Crippen LogP contribution >= 0.6 is 0 Å². The first-order valence-electron chi connectivity index (χ1n) is 7.16. The zero-order chi connectivity index (χ0) is 14.7. The average Bonchev–Trinajstić information content (AvgIpc) is 2.96. The van der Waals surface area contributed by atoms with Crippen LogP contribution < -0.4 is 0 Å². The summed E-state index contributed by atoms with van der Waals surface area (Å²) in [5.41, 5.74) is 1.93. The number of rotatable bonds is 3. The molecule has 1 fully saturated rings. The molecule has 2 aromatic rings. The standard InChI is InChI=1S/C18H17NO2/c20-16-11-12-19(13-16)18(21)17(14-7-3-1-4-8-14)15-9-5-2-6-10-15/h1-10,17H,11-13H2. The first kappa shape index (κ1) is 13.6. The summed E-state index contributed by atoms with van der Waals surface area (Å²) in [6, 6.07) is 19.5. The molecule has 0 aliphatic carbocycles. The quantitative estimate of drug-likeness (QED) is 0.866. The number of carbonyl (C=O) groups is 2. The number of ketones is 1. The summed E-state index contributed by atoms with van der Waals surface area (Å²) in [5.74, 6) is -0.181. The van der Waals surface area contributed by atoms with E-state index >= 15 is 0 Å². The number of carbonyl (C=O) groups excluding carboxylic acids is 2. The SMILES string of the molecule is O=C1CCN(C(=O)C(c2ccccc2)c2ccccc2)C1. The van der Waals surface area contributed by atoms with Crippen LogP contribution in [0.15, 0.2) is 60.7 Å². The van der Waals surface area contributed by atoms with Crippen LogP contribution in [0.4, 0.5) is 0 Å². The summed E-state index contributed by atoms with van der Waals surface area (Å²) in [7, 11) is 0. The molecule has 0 aromatic heterocycles. The predicted molar refractivity (Wildman–Crippen MR) is 80.9 cm³/mol. The molecule has 3 heteroatoms. The van der Waals surface area contributed by atoms with Gasteiger partial charge in [-0.3, -0.25) is 9.59 Å². The van der Waals surface area contributed by atoms with Crippen LogP contribution in [0.25, 0.3) is 0 Å². The van der Waals surface area contributed by atoms with Gasteiger partial charge >= 0.3 is 0 Å². The molecular formula is C18H17NO2. The molecule has 1 heterocycles. The first-order valence-corrected chi connectivity index (χ1v) is 7.16. The Morgan fingerprint density at radius 2 is 1.43 bits per heavy atom. The van der Waals surface area contributed by atoms with Gasteiger partial charge in [-0.05, 0) is 11.1 Å². The maximum Gasteiger partial charge on any atom is 0.234 e. The van der Waals surface area contributed by atoms with Crippen LogP contribution in [-0.4, -0.2) is 29.7 Å². The third-order valence-electron chi connectivity index (χ3n) is 3.85. The summed E-state index contributed by atoms with van der Waals surface area (Å²) in [4.78, 5) is 26.0. The summed E-state index contributed by atoms with van der Waals surface area (Å²) in [6.45, 7) is 0.781. The van der Waals surface area contributed by atoms with E-state index in [0.29, 0.717) is 13.0 Å². The van der Waals surface area contributed by atoms with E-state index in [-0.39, 0.29) is 24.2 Å². The highest BCUT2D eigenvalue weighted by Crippen LogP contribution is 2.27. The maximum atomic E-state index is 12.9. The van der Waals surface area contributed by atoms with Gasteiger partial charge in [0.25, 0.3) is 0 Å². The van der Waals surface area contributed by atoms with Gasteiger partial charge in [-0.15, -0.1) is 0 Å². The van der Waals surface area contributed by atoms with Crippen LogP contribution in [0.3, 0.4) is 0 Å². The maximum absolute atomic E-state index is 12.9. The van der Waals surface area contributed by atoms with Crippen molar-refractivity contribution in [2.45, 2.75) is 12.3 Å². The van der Waals surface area contributed by atoms with Crippen molar-refractivity contribution in [2.75, 3.05) is 13.1 Å². The molecule has 1 amide bonds. The van der Waals surface area contributed by atoms with Crippen LogP contribution in [0.5, 0.6) is 0 Å². The Hall–Kier alpha value is -2.42. The molecule has 0 saturated carbocycles. The Balaban J connectivity index is 1.97. The van der Waals surface area contributed by atoms with Crippen molar-refractivity contribution < 1.29 is 9.59 Å². The van der Waals surface area contributed by atoms with Crippen LogP contribution in [-0.2, 0) is 9.59 Å². The van der Waals surface area contributed by atoms with Gasteiger partial charge in [-0.2, -0.15) is 0 Å². The van der Waals surface area contributed by atoms with Crippen molar-refractivity contribution in [3.8, 4) is 0 Å². The lowest BCUT2D eigenvalue weighted by atomic mass is 9.90. The molecule has 0 bridgehead atoms. The van der Waals surface area contributed by atoms with Gasteiger partial charge in [0.1, 0.15) is 0 Å². The largest absolute Gasteiger partial charge is 0.334 e. The monoisotopic (exact) mass is 279 g/mol. The van der Waals surface area contributed by atoms with E-state index < -0.39 is 0 Å². The molecule has 0 N–H and O–H groups in total. The fraction of sp³-hybridized carbons (Fsp3) is 0.222. The number of hydrogen-bond donors (Lipinski definition) is 0. The predicted octanol–water partition coefficient (Wildman–Crippen LogP) is 2.62. The number of likely N-dealkylation sites (tertiary alicyclic amines) is 1. The highest BCUT2D eigenvalue weighted by molar-refractivity contribution is 5.93. The zero-order valence-corrected chi connectivity index (χ0v) is 11.7. The highest BCUT2D eigenvalue weighted by atomic mass is 16.2. The number of hydrogen-bond acceptors (Lipinski definition) is 2. The molecule has 0 atom stereocenters. The van der Waals surface area contributed by atoms with Crippen LogP contribution in [0.2, 0.25) is 0 Å². The molecule has 1 aliphatic heterocycles. The van der Waals surface area contributed by atoms with E-state index in [9.17, 15) is 9.59 Å². The first-order chi connectivity index (χ1) is 10.3. The van der Waals surface area contributed by atoms with Crippen molar-refractivity contribution in [3.05, 3.63) is 71.8 Å². The van der Waals surface area contributed by atoms with Crippen molar-refractivity contribution in [1.82, 2.24) is 4.90 Å². The van der Waals surface area contributed by atoms with Crippen molar-refractivity contribution >= 4 is 11.7 Å². The number of benzene rings is 2. The molecule has 0 unspecified atom stereocenters. The van der Waals surface area contributed by atoms with E-state index in [2.05, 4.69) is 0 Å². The molecule has 0 radical (unpaired) electrons. The Morgan fingerprint density at radius 3 is 1.86 bits per heavy atom. The Labute approximate surface area is 124 Å². The van der Waals surface area contributed by atoms with E-state index in [1.54, 1.807) is 4.90 Å². The minimum absolute atomic E-state index is 0.0123. The molecule has 0 spiro atoms. The topological polar surface area (TPSA) is 37.4 Å². The Morgan fingerprint density at radius 1 is 0.905 bits per heavy atom. The van der Waals surface area contributed by atoms with Crippen molar-refractivity contribution in [3.63, 3.8) is 0 Å². The van der Waals surface area contributed by atoms with Crippen LogP contribution in [0, 0.1) is 0 Å². The second-order valence-electron chi connectivity index (χ2n) is 5.30. The highest BCUT2D eigenvalue weighted by Gasteiger charge is 2.31. The number of amides is 1. The molecule has 21 heavy (non-hydrogen) atoms. The van der Waals surface area contributed by atoms with Gasteiger partial charge in [0.2, 0.25) is 5.91 Å². The molecule has 1 aliphatic rings. The molecule has 3 nitrogen and oxygen atoms in total. The second kappa shape index (κ2) is 5.92. The second-order valence-corrected chi connectivity index (χ2v) is 5.30. The van der Waals surface area contributed by atoms with Gasteiger partial charge < -0.3 is 4.90 Å². The van der Waals surface area contributed by atoms with E-state index in [1.165, 1.54) is 0 Å². The fourth-order valence-corrected chi connectivity index (χ4v) is 2.77. The van der Waals surface area contributed by atoms with E-state index in [4.69, 9.17) is 0 Å². The molecule has 2 aromatic carbocycles. The van der Waals surface area contributed by atoms with Crippen LogP contribution in [0.1, 0.15) is 23.5 Å². The summed E-state index contributed by atoms with van der Waals surface area (Å²) in [5, 5.41) is 0. The lowest BCUT2D eigenvalue weighted by Crippen LogP contribution is -2.34. The normalized spacial score (nSPS) is 14.7. The summed E-state index contributed by atoms with van der Waals surface area (Å²) in [6.07, 6.45) is 0.474. The zero-order valence-electron chi connectivity index (χ0n) is 11.7. The minimum atomic E-state index is -0.335. The summed E-state index contributed by atoms with van der Waals surface area (Å²) < 4.78 is 0. The Kier molecular flexibility index (Phi) is 3.82. The Bertz CT molecular complexity index is 597. The lowest BCUT2D eigenvalue weighted by Gasteiger charge is -2.23. The number of Topliss-reactive ketones (excluding diaryl/α,β-unsaturated/α-hetero) is 1. The van der Waals surface area contributed by atoms with Gasteiger partial charge in [-0.25, -0.2) is 0 Å². The fourth-order valence-electron chi connectivity index (χ4n) is 2.77. The van der Waals surface area contributed by atoms with E-state index in [0.717, 1.165) is 11.1 Å². The number of nitrogens with zero attached hydrogens (tertiary/aromatic N) is 1. The average molecular weight is 279 g/mol. The molecule has 3 rings (SSSR count). The van der Waals surface area contributed by atoms with Crippen molar-refractivity contribution in [2.24, 2.45) is 0 Å². The molecule has 1 saturated heterocycles. The molecule has 106 valence electrons. The lowest BCUT2D eigenvalue weighted by molar-refractivity contribution is -0.132. The molecular weight excluding hydrogens is 262 g/mol. The van der Waals surface area contributed by atoms with Crippen molar-refractivity contribution in [1.29, 1.82) is 0 Å². The summed E-state index contributed by atoms with van der Waals surface area (Å²) >= 11 is 0. The minimum Gasteiger partial charge on any atom is -0.334 e.